The minimum absolute atomic E-state index is 0.762. The number of benzene rings is 7. The van der Waals surface area contributed by atoms with Crippen LogP contribution in [0.4, 0.5) is 11.4 Å². The molecule has 0 amide bonds. The van der Waals surface area contributed by atoms with Gasteiger partial charge in [0, 0.05) is 69.2 Å². The first-order valence-electron chi connectivity index (χ1n) is 21.6. The van der Waals surface area contributed by atoms with Crippen molar-refractivity contribution in [3.63, 3.8) is 0 Å². The van der Waals surface area contributed by atoms with Crippen molar-refractivity contribution in [1.82, 2.24) is 9.55 Å². The van der Waals surface area contributed by atoms with Crippen LogP contribution in [-0.2, 0) is 0 Å². The Morgan fingerprint density at radius 2 is 1.24 bits per heavy atom. The highest BCUT2D eigenvalue weighted by molar-refractivity contribution is 6.20. The molecule has 4 nitrogen and oxygen atoms in total. The molecule has 0 bridgehead atoms. The predicted molar refractivity (Wildman–Crippen MR) is 267 cm³/mol. The van der Waals surface area contributed by atoms with Crippen LogP contribution in [0.2, 0.25) is 0 Å². The summed E-state index contributed by atoms with van der Waals surface area (Å²) in [6.07, 6.45) is 17.2. The van der Waals surface area contributed by atoms with Gasteiger partial charge in [-0.05, 0) is 113 Å². The van der Waals surface area contributed by atoms with Crippen LogP contribution in [-0.4, -0.2) is 15.8 Å². The normalized spacial score (nSPS) is 12.8. The summed E-state index contributed by atoms with van der Waals surface area (Å²) in [5.41, 5.74) is 16.8. The van der Waals surface area contributed by atoms with Gasteiger partial charge in [-0.1, -0.05) is 152 Å². The maximum atomic E-state index is 4.63. The second kappa shape index (κ2) is 17.9. The van der Waals surface area contributed by atoms with E-state index >= 15 is 0 Å². The van der Waals surface area contributed by atoms with Crippen molar-refractivity contribution in [1.29, 1.82) is 0 Å². The average Bonchev–Trinajstić information content (AvgIpc) is 3.70. The lowest BCUT2D eigenvalue weighted by molar-refractivity contribution is 1.01. The monoisotopic (exact) mass is 810 g/mol. The van der Waals surface area contributed by atoms with Gasteiger partial charge in [0.2, 0.25) is 0 Å². The smallest absolute Gasteiger partial charge is 0.0701 e. The van der Waals surface area contributed by atoms with Crippen LogP contribution in [0, 0.1) is 0 Å². The maximum Gasteiger partial charge on any atom is 0.0701 e. The number of allylic oxidation sites excluding steroid dienone is 5. The highest BCUT2D eigenvalue weighted by atomic mass is 15.1. The molecule has 0 saturated heterocycles. The first-order chi connectivity index (χ1) is 31.2. The number of aliphatic imine (C=N–C) groups is 1. The Kier molecular flexibility index (Phi) is 11.1. The van der Waals surface area contributed by atoms with Gasteiger partial charge in [-0.25, -0.2) is 0 Å². The molecule has 1 aliphatic heterocycles. The third-order valence-corrected chi connectivity index (χ3v) is 11.7. The Morgan fingerprint density at radius 1 is 0.603 bits per heavy atom. The van der Waals surface area contributed by atoms with E-state index in [-0.39, 0.29) is 0 Å². The van der Waals surface area contributed by atoms with Crippen molar-refractivity contribution in [2.45, 2.75) is 19.3 Å². The number of hydrogen-bond donors (Lipinski definition) is 0. The van der Waals surface area contributed by atoms with Gasteiger partial charge >= 0.3 is 0 Å². The number of hydrogen-bond acceptors (Lipinski definition) is 3. The summed E-state index contributed by atoms with van der Waals surface area (Å²) in [7, 11) is 0. The van der Waals surface area contributed by atoms with Crippen molar-refractivity contribution < 1.29 is 0 Å². The Balaban J connectivity index is 1.10. The molecule has 3 heterocycles. The fraction of sp³-hybridized carbons (Fsp3) is 0.0508. The zero-order valence-electron chi connectivity index (χ0n) is 35.1. The summed E-state index contributed by atoms with van der Waals surface area (Å²) in [6, 6.07) is 67.4. The number of para-hydroxylation sites is 1. The first-order valence-corrected chi connectivity index (χ1v) is 21.6. The van der Waals surface area contributed by atoms with Crippen LogP contribution in [0.5, 0.6) is 0 Å². The van der Waals surface area contributed by atoms with E-state index < -0.39 is 0 Å². The second-order valence-corrected chi connectivity index (χ2v) is 15.7. The zero-order valence-corrected chi connectivity index (χ0v) is 35.1. The van der Waals surface area contributed by atoms with Gasteiger partial charge < -0.3 is 9.47 Å². The molecular formula is C59H46N4. The van der Waals surface area contributed by atoms with E-state index in [4.69, 9.17) is 0 Å². The van der Waals surface area contributed by atoms with Gasteiger partial charge in [-0.15, -0.1) is 0 Å². The van der Waals surface area contributed by atoms with Crippen molar-refractivity contribution in [3.05, 3.63) is 243 Å². The lowest BCUT2D eigenvalue weighted by Crippen LogP contribution is -2.15. The fourth-order valence-corrected chi connectivity index (χ4v) is 8.77. The van der Waals surface area contributed by atoms with Gasteiger partial charge in [-0.2, -0.15) is 0 Å². The van der Waals surface area contributed by atoms with Gasteiger partial charge in [0.1, 0.15) is 0 Å². The number of fused-ring (bicyclic) bond motifs is 3. The molecule has 0 radical (unpaired) electrons. The van der Waals surface area contributed by atoms with Crippen LogP contribution in [0.25, 0.3) is 72.1 Å². The molecule has 63 heavy (non-hydrogen) atoms. The molecule has 4 heteroatoms. The third-order valence-electron chi connectivity index (χ3n) is 11.7. The first kappa shape index (κ1) is 39.1. The molecule has 9 aromatic rings. The van der Waals surface area contributed by atoms with Gasteiger partial charge in [0.15, 0.2) is 0 Å². The third kappa shape index (κ3) is 7.98. The summed E-state index contributed by atoms with van der Waals surface area (Å²) in [5, 5.41) is 2.45. The molecule has 0 aliphatic carbocycles. The lowest BCUT2D eigenvalue weighted by atomic mass is 9.93. The number of anilines is 2. The SMILES string of the molecule is C=C/C=C(\C=C/CC1=CCCC=N1)N(c1ccc(-c2ccc3c(c2)c2c(-c4ccccc4)ccc(-c4ccccc4)c2n3-c2ccccc2)cc1)c1ccc(-c2ccccn2)cc1. The highest BCUT2D eigenvalue weighted by Crippen LogP contribution is 2.44. The molecule has 302 valence electrons. The summed E-state index contributed by atoms with van der Waals surface area (Å²) >= 11 is 0. The molecule has 10 rings (SSSR count). The van der Waals surface area contributed by atoms with Crippen molar-refractivity contribution in [3.8, 4) is 50.3 Å². The van der Waals surface area contributed by atoms with Crippen LogP contribution >= 0.6 is 0 Å². The minimum Gasteiger partial charge on any atom is -0.311 e. The van der Waals surface area contributed by atoms with E-state index in [1.54, 1.807) is 0 Å². The van der Waals surface area contributed by atoms with E-state index in [2.05, 4.69) is 220 Å². The van der Waals surface area contributed by atoms with Crippen LogP contribution in [0.15, 0.2) is 248 Å². The summed E-state index contributed by atoms with van der Waals surface area (Å²) < 4.78 is 2.45. The maximum absolute atomic E-state index is 4.63. The zero-order chi connectivity index (χ0) is 42.4. The number of rotatable bonds is 12. The molecular weight excluding hydrogens is 765 g/mol. The minimum atomic E-state index is 0.762. The van der Waals surface area contributed by atoms with E-state index in [1.165, 1.54) is 38.5 Å². The van der Waals surface area contributed by atoms with Gasteiger partial charge in [0.25, 0.3) is 0 Å². The summed E-state index contributed by atoms with van der Waals surface area (Å²) in [6.45, 7) is 4.11. The summed E-state index contributed by atoms with van der Waals surface area (Å²) in [4.78, 5) is 11.5. The Morgan fingerprint density at radius 3 is 1.89 bits per heavy atom. The lowest BCUT2D eigenvalue weighted by Gasteiger charge is -2.27. The van der Waals surface area contributed by atoms with Crippen molar-refractivity contribution in [2.75, 3.05) is 4.90 Å². The van der Waals surface area contributed by atoms with E-state index in [9.17, 15) is 0 Å². The van der Waals surface area contributed by atoms with E-state index in [0.717, 1.165) is 75.6 Å². The molecule has 0 N–H and O–H groups in total. The Labute approximate surface area is 369 Å². The molecule has 0 unspecified atom stereocenters. The summed E-state index contributed by atoms with van der Waals surface area (Å²) in [5.74, 6) is 0. The predicted octanol–water partition coefficient (Wildman–Crippen LogP) is 15.7. The van der Waals surface area contributed by atoms with Crippen LogP contribution in [0.1, 0.15) is 19.3 Å². The topological polar surface area (TPSA) is 33.4 Å². The molecule has 1 aliphatic rings. The molecule has 0 atom stereocenters. The number of pyridine rings is 1. The van der Waals surface area contributed by atoms with Gasteiger partial charge in [0.05, 0.1) is 16.7 Å². The van der Waals surface area contributed by atoms with Crippen LogP contribution < -0.4 is 4.90 Å². The van der Waals surface area contributed by atoms with Crippen molar-refractivity contribution >= 4 is 39.4 Å². The second-order valence-electron chi connectivity index (χ2n) is 15.7. The Bertz CT molecular complexity index is 3160. The molecule has 2 aromatic heterocycles. The quantitative estimate of drug-likeness (QED) is 0.115. The highest BCUT2D eigenvalue weighted by Gasteiger charge is 2.21. The molecule has 0 fully saturated rings. The van der Waals surface area contributed by atoms with E-state index in [1.807, 2.05) is 36.7 Å². The average molecular weight is 811 g/mol. The number of nitrogens with zero attached hydrogens (tertiary/aromatic N) is 4. The van der Waals surface area contributed by atoms with Crippen LogP contribution in [0.3, 0.4) is 0 Å². The molecule has 0 spiro atoms. The standard InChI is InChI=1S/C59H46N4/c1-2-17-49(26-16-23-48-22-12-14-40-60-48)62(52-35-30-46(31-36-52)56-27-13-15-41-61-56)51-33-28-43(29-34-51)47-32-39-57-55(42-47)58-53(44-18-6-3-7-19-44)37-38-54(45-20-8-4-9-21-45)59(58)63(57)50-24-10-5-11-25-50/h2-11,13,15-22,24-42H,1,12,14,23H2/b26-16-,49-17+. The molecule has 0 saturated carbocycles. The fourth-order valence-electron chi connectivity index (χ4n) is 8.77. The van der Waals surface area contributed by atoms with E-state index in [0.29, 0.717) is 0 Å². The van der Waals surface area contributed by atoms with Gasteiger partial charge in [-0.3, -0.25) is 9.98 Å². The Hall–Kier alpha value is -8.08. The largest absolute Gasteiger partial charge is 0.311 e. The molecule has 7 aromatic carbocycles. The van der Waals surface area contributed by atoms with Crippen molar-refractivity contribution in [2.24, 2.45) is 4.99 Å². The number of aromatic nitrogens is 2.